The molecule has 0 rings (SSSR count). The molecule has 0 aliphatic carbocycles. The molecule has 4 atom stereocenters. The first kappa shape index (κ1) is 28.8. The Hall–Kier alpha value is -3.22. The Morgan fingerprint density at radius 2 is 1.22 bits per heavy atom. The van der Waals surface area contributed by atoms with Gasteiger partial charge in [0.25, 0.3) is 0 Å². The number of aliphatic carboxylic acids is 3. The van der Waals surface area contributed by atoms with E-state index in [-0.39, 0.29) is 31.6 Å². The number of nitrogens with one attached hydrogen (secondary N) is 3. The number of carboxylic acids is 3. The maximum atomic E-state index is 12.5. The van der Waals surface area contributed by atoms with Gasteiger partial charge in [-0.05, 0) is 32.1 Å². The highest BCUT2D eigenvalue weighted by Crippen LogP contribution is 2.06. The lowest BCUT2D eigenvalue weighted by molar-refractivity contribution is -0.142. The van der Waals surface area contributed by atoms with Gasteiger partial charge in [-0.3, -0.25) is 24.0 Å². The smallest absolute Gasteiger partial charge is 0.326 e. The summed E-state index contributed by atoms with van der Waals surface area (Å²) in [5.74, 6) is -6.12. The number of carboxylic acid groups (broad SMARTS) is 3. The minimum absolute atomic E-state index is 0.0118. The molecule has 13 nitrogen and oxygen atoms in total. The zero-order chi connectivity index (χ0) is 25.0. The zero-order valence-corrected chi connectivity index (χ0v) is 18.3. The Morgan fingerprint density at radius 3 is 1.69 bits per heavy atom. The number of rotatable bonds is 15. The zero-order valence-electron chi connectivity index (χ0n) is 18.3. The lowest BCUT2D eigenvalue weighted by atomic mass is 10.0. The molecule has 13 heteroatoms. The normalized spacial score (nSPS) is 14.5. The molecular weight excluding hydrogens is 428 g/mol. The van der Waals surface area contributed by atoms with E-state index in [4.69, 9.17) is 15.9 Å². The highest BCUT2D eigenvalue weighted by Gasteiger charge is 2.29. The molecule has 0 heterocycles. The van der Waals surface area contributed by atoms with E-state index >= 15 is 0 Å². The van der Waals surface area contributed by atoms with Gasteiger partial charge in [0.15, 0.2) is 0 Å². The predicted molar refractivity (Wildman–Crippen MR) is 110 cm³/mol. The first-order valence-electron chi connectivity index (χ1n) is 10.1. The molecule has 0 aliphatic heterocycles. The SMILES string of the molecule is CC(C)CC(NC(=O)C(C)NC(=O)C(CCC(=O)O)NC(=O)C(N)CCC(=O)O)C(=O)O. The molecule has 0 aliphatic rings. The van der Waals surface area contributed by atoms with Crippen LogP contribution in [0.1, 0.15) is 52.9 Å². The van der Waals surface area contributed by atoms with Crippen LogP contribution in [-0.4, -0.2) is 75.1 Å². The Balaban J connectivity index is 5.12. The molecular formula is C19H32N4O9. The third-order valence-corrected chi connectivity index (χ3v) is 4.36. The molecule has 182 valence electrons. The van der Waals surface area contributed by atoms with Crippen LogP contribution >= 0.6 is 0 Å². The van der Waals surface area contributed by atoms with Crippen LogP contribution in [0.3, 0.4) is 0 Å². The molecule has 0 radical (unpaired) electrons. The second-order valence-electron chi connectivity index (χ2n) is 7.79. The standard InChI is InChI=1S/C19H32N4O9/c1-9(2)8-13(19(31)32)23-16(28)10(3)21-18(30)12(5-7-15(26)27)22-17(29)11(20)4-6-14(24)25/h9-13H,4-8,20H2,1-3H3,(H,21,30)(H,22,29)(H,23,28)(H,24,25)(H,26,27)(H,31,32). The van der Waals surface area contributed by atoms with Crippen molar-refractivity contribution >= 4 is 35.6 Å². The largest absolute Gasteiger partial charge is 0.481 e. The van der Waals surface area contributed by atoms with Crippen molar-refractivity contribution < 1.29 is 44.1 Å². The van der Waals surface area contributed by atoms with Crippen LogP contribution in [0.25, 0.3) is 0 Å². The van der Waals surface area contributed by atoms with Gasteiger partial charge < -0.3 is 37.0 Å². The number of hydrogen-bond acceptors (Lipinski definition) is 7. The van der Waals surface area contributed by atoms with E-state index in [2.05, 4.69) is 16.0 Å². The van der Waals surface area contributed by atoms with Crippen molar-refractivity contribution in [1.29, 1.82) is 0 Å². The number of nitrogens with two attached hydrogens (primary N) is 1. The van der Waals surface area contributed by atoms with Crippen LogP contribution in [-0.2, 0) is 28.8 Å². The molecule has 8 N–H and O–H groups in total. The van der Waals surface area contributed by atoms with Crippen molar-refractivity contribution in [2.45, 2.75) is 77.0 Å². The van der Waals surface area contributed by atoms with E-state index in [9.17, 15) is 33.9 Å². The van der Waals surface area contributed by atoms with Crippen LogP contribution in [0.5, 0.6) is 0 Å². The molecule has 0 fully saturated rings. The van der Waals surface area contributed by atoms with Crippen molar-refractivity contribution in [2.75, 3.05) is 0 Å². The van der Waals surface area contributed by atoms with Gasteiger partial charge in [-0.15, -0.1) is 0 Å². The Morgan fingerprint density at radius 1 is 0.719 bits per heavy atom. The van der Waals surface area contributed by atoms with Crippen LogP contribution in [0, 0.1) is 5.92 Å². The fourth-order valence-electron chi connectivity index (χ4n) is 2.59. The molecule has 0 spiro atoms. The van der Waals surface area contributed by atoms with Crippen LogP contribution < -0.4 is 21.7 Å². The lowest BCUT2D eigenvalue weighted by Crippen LogP contribution is -2.56. The van der Waals surface area contributed by atoms with Crippen molar-refractivity contribution in [3.8, 4) is 0 Å². The summed E-state index contributed by atoms with van der Waals surface area (Å²) < 4.78 is 0. The minimum Gasteiger partial charge on any atom is -0.481 e. The van der Waals surface area contributed by atoms with Gasteiger partial charge in [0, 0.05) is 12.8 Å². The van der Waals surface area contributed by atoms with E-state index in [0.717, 1.165) is 0 Å². The van der Waals surface area contributed by atoms with Gasteiger partial charge in [0.05, 0.1) is 6.04 Å². The first-order chi connectivity index (χ1) is 14.7. The topological polar surface area (TPSA) is 225 Å². The van der Waals surface area contributed by atoms with Gasteiger partial charge in [0.2, 0.25) is 17.7 Å². The van der Waals surface area contributed by atoms with Gasteiger partial charge >= 0.3 is 17.9 Å². The van der Waals surface area contributed by atoms with Crippen molar-refractivity contribution in [3.05, 3.63) is 0 Å². The molecule has 0 aromatic carbocycles. The highest BCUT2D eigenvalue weighted by molar-refractivity contribution is 5.94. The summed E-state index contributed by atoms with van der Waals surface area (Å²) in [5, 5.41) is 33.7. The highest BCUT2D eigenvalue weighted by atomic mass is 16.4. The third kappa shape index (κ3) is 11.8. The van der Waals surface area contributed by atoms with E-state index in [1.165, 1.54) is 6.92 Å². The molecule has 32 heavy (non-hydrogen) atoms. The van der Waals surface area contributed by atoms with Gasteiger partial charge in [-0.2, -0.15) is 0 Å². The predicted octanol–water partition coefficient (Wildman–Crippen LogP) is -1.35. The van der Waals surface area contributed by atoms with Gasteiger partial charge in [0.1, 0.15) is 18.1 Å². The maximum Gasteiger partial charge on any atom is 0.326 e. The molecule has 0 saturated carbocycles. The molecule has 0 saturated heterocycles. The molecule has 0 bridgehead atoms. The monoisotopic (exact) mass is 460 g/mol. The van der Waals surface area contributed by atoms with Gasteiger partial charge in [-0.1, -0.05) is 13.8 Å². The maximum absolute atomic E-state index is 12.5. The minimum atomic E-state index is -1.35. The van der Waals surface area contributed by atoms with Crippen LogP contribution in [0.4, 0.5) is 0 Å². The van der Waals surface area contributed by atoms with Crippen LogP contribution in [0.15, 0.2) is 0 Å². The number of carbonyl (C=O) groups excluding carboxylic acids is 3. The van der Waals surface area contributed by atoms with Gasteiger partial charge in [-0.25, -0.2) is 4.79 Å². The second-order valence-corrected chi connectivity index (χ2v) is 7.79. The first-order valence-corrected chi connectivity index (χ1v) is 10.1. The number of amides is 3. The number of hydrogen-bond donors (Lipinski definition) is 7. The van der Waals surface area contributed by atoms with E-state index < -0.39 is 66.2 Å². The second kappa shape index (κ2) is 14.0. The van der Waals surface area contributed by atoms with Crippen molar-refractivity contribution in [3.63, 3.8) is 0 Å². The summed E-state index contributed by atoms with van der Waals surface area (Å²) in [6.45, 7) is 4.87. The quantitative estimate of drug-likeness (QED) is 0.152. The summed E-state index contributed by atoms with van der Waals surface area (Å²) in [4.78, 5) is 69.8. The molecule has 4 unspecified atom stereocenters. The average Bonchev–Trinajstić information content (AvgIpc) is 2.67. The lowest BCUT2D eigenvalue weighted by Gasteiger charge is -2.23. The molecule has 3 amide bonds. The number of carbonyl (C=O) groups is 6. The van der Waals surface area contributed by atoms with E-state index in [0.29, 0.717) is 0 Å². The summed E-state index contributed by atoms with van der Waals surface area (Å²) in [5.41, 5.74) is 5.60. The van der Waals surface area contributed by atoms with Crippen LogP contribution in [0.2, 0.25) is 0 Å². The van der Waals surface area contributed by atoms with E-state index in [1.807, 2.05) is 0 Å². The van der Waals surface area contributed by atoms with Crippen molar-refractivity contribution in [1.82, 2.24) is 16.0 Å². The molecule has 0 aromatic heterocycles. The Bertz CT molecular complexity index is 711. The van der Waals surface area contributed by atoms with E-state index in [1.54, 1.807) is 13.8 Å². The Kier molecular flexibility index (Phi) is 12.6. The fraction of sp³-hybridized carbons (Fsp3) is 0.684. The molecule has 0 aromatic rings. The third-order valence-electron chi connectivity index (χ3n) is 4.36. The average molecular weight is 460 g/mol. The summed E-state index contributed by atoms with van der Waals surface area (Å²) in [7, 11) is 0. The Labute approximate surface area is 185 Å². The summed E-state index contributed by atoms with van der Waals surface area (Å²) >= 11 is 0. The fourth-order valence-corrected chi connectivity index (χ4v) is 2.59. The summed E-state index contributed by atoms with van der Waals surface area (Å²) in [6, 6.07) is -4.92. The summed E-state index contributed by atoms with van der Waals surface area (Å²) in [6.07, 6.45) is -1.18. The van der Waals surface area contributed by atoms with Crippen molar-refractivity contribution in [2.24, 2.45) is 11.7 Å².